The summed E-state index contributed by atoms with van der Waals surface area (Å²) in [5.74, 6) is 0.896. The summed E-state index contributed by atoms with van der Waals surface area (Å²) in [4.78, 5) is 35.5. The van der Waals surface area contributed by atoms with Gasteiger partial charge in [-0.15, -0.1) is 0 Å². The molecule has 1 N–H and O–H groups in total. The third-order valence-electron chi connectivity index (χ3n) is 7.09. The van der Waals surface area contributed by atoms with Crippen LogP contribution in [0.15, 0.2) is 53.6 Å². The van der Waals surface area contributed by atoms with Gasteiger partial charge in [0.25, 0.3) is 5.56 Å². The van der Waals surface area contributed by atoms with E-state index in [0.717, 1.165) is 11.5 Å². The number of nitriles is 1. The molecule has 1 atom stereocenters. The molecule has 5 rings (SSSR count). The number of carbonyl (C=O) groups excluding carboxylic acids is 1. The average molecular weight is 500 g/mol. The van der Waals surface area contributed by atoms with Crippen LogP contribution in [0.3, 0.4) is 0 Å². The molecular weight excluding hydrogens is 470 g/mol. The van der Waals surface area contributed by atoms with E-state index in [-0.39, 0.29) is 17.5 Å². The minimum Gasteiger partial charge on any atom is -0.378 e. The number of hydrogen-bond donors (Lipinski definition) is 1. The second-order valence-electron chi connectivity index (χ2n) is 9.26. The van der Waals surface area contributed by atoms with E-state index in [1.54, 1.807) is 25.4 Å². The molecule has 1 fully saturated rings. The van der Waals surface area contributed by atoms with E-state index in [0.29, 0.717) is 63.5 Å². The number of carbonyl (C=O) groups is 1. The Hall–Kier alpha value is -4.23. The maximum absolute atomic E-state index is 12.8. The third kappa shape index (κ3) is 5.17. The van der Waals surface area contributed by atoms with Gasteiger partial charge in [-0.3, -0.25) is 9.59 Å². The molecule has 10 nitrogen and oxygen atoms in total. The largest absolute Gasteiger partial charge is 0.378 e. The van der Waals surface area contributed by atoms with Crippen molar-refractivity contribution in [3.63, 3.8) is 0 Å². The average Bonchev–Trinajstić information content (AvgIpc) is 3.31. The number of benzene rings is 1. The molecule has 190 valence electrons. The normalized spacial score (nSPS) is 17.0. The van der Waals surface area contributed by atoms with Crippen LogP contribution in [-0.4, -0.2) is 65.4 Å². The number of nitrogens with zero attached hydrogens (tertiary/aromatic N) is 6. The van der Waals surface area contributed by atoms with Crippen LogP contribution in [0.25, 0.3) is 0 Å². The summed E-state index contributed by atoms with van der Waals surface area (Å²) in [6.45, 7) is 5.86. The predicted molar refractivity (Wildman–Crippen MR) is 138 cm³/mol. The van der Waals surface area contributed by atoms with Crippen molar-refractivity contribution in [3.8, 4) is 6.07 Å². The zero-order valence-corrected chi connectivity index (χ0v) is 20.8. The van der Waals surface area contributed by atoms with Gasteiger partial charge in [-0.05, 0) is 30.2 Å². The number of rotatable bonds is 7. The summed E-state index contributed by atoms with van der Waals surface area (Å²) in [5, 5.41) is 15.4. The Morgan fingerprint density at radius 1 is 1.16 bits per heavy atom. The van der Waals surface area contributed by atoms with Gasteiger partial charge in [-0.2, -0.15) is 10.4 Å². The molecule has 0 bridgehead atoms. The van der Waals surface area contributed by atoms with E-state index < -0.39 is 0 Å². The van der Waals surface area contributed by atoms with Crippen molar-refractivity contribution in [2.75, 3.05) is 49.2 Å². The molecule has 2 aromatic heterocycles. The van der Waals surface area contributed by atoms with E-state index in [9.17, 15) is 9.59 Å². The SMILES string of the molecule is Cc1c(N2Cc3ccccc3[C@@H]2COCCC(=O)N2CCN(c3ccc(C#N)cn3)CC2)cn[nH]c1=O. The van der Waals surface area contributed by atoms with Crippen molar-refractivity contribution in [2.24, 2.45) is 0 Å². The maximum Gasteiger partial charge on any atom is 0.269 e. The minimum absolute atomic E-state index is 0.0583. The fourth-order valence-electron chi connectivity index (χ4n) is 4.97. The van der Waals surface area contributed by atoms with Gasteiger partial charge in [0.1, 0.15) is 11.9 Å². The minimum atomic E-state index is -0.200. The van der Waals surface area contributed by atoms with E-state index >= 15 is 0 Å². The summed E-state index contributed by atoms with van der Waals surface area (Å²) in [6.07, 6.45) is 3.57. The fourth-order valence-corrected chi connectivity index (χ4v) is 4.97. The predicted octanol–water partition coefficient (Wildman–Crippen LogP) is 2.16. The molecule has 0 radical (unpaired) electrons. The van der Waals surface area contributed by atoms with Crippen LogP contribution in [0, 0.1) is 18.3 Å². The molecule has 3 aromatic rings. The zero-order chi connectivity index (χ0) is 25.8. The molecule has 1 saturated heterocycles. The first-order valence-corrected chi connectivity index (χ1v) is 12.4. The second kappa shape index (κ2) is 10.8. The molecule has 10 heteroatoms. The first kappa shape index (κ1) is 24.5. The number of nitrogens with one attached hydrogen (secondary N) is 1. The van der Waals surface area contributed by atoms with Crippen LogP contribution in [0.4, 0.5) is 11.5 Å². The molecule has 0 saturated carbocycles. The Morgan fingerprint density at radius 3 is 2.73 bits per heavy atom. The Balaban J connectivity index is 1.14. The molecule has 1 aromatic carbocycles. The van der Waals surface area contributed by atoms with Crippen LogP contribution in [0.2, 0.25) is 0 Å². The summed E-state index contributed by atoms with van der Waals surface area (Å²) in [5.41, 5.74) is 4.11. The monoisotopic (exact) mass is 499 g/mol. The molecule has 0 aliphatic carbocycles. The van der Waals surface area contributed by atoms with E-state index in [2.05, 4.69) is 43.2 Å². The highest BCUT2D eigenvalue weighted by atomic mass is 16.5. The highest BCUT2D eigenvalue weighted by Crippen LogP contribution is 2.38. The van der Waals surface area contributed by atoms with Gasteiger partial charge in [0, 0.05) is 44.5 Å². The molecule has 4 heterocycles. The third-order valence-corrected chi connectivity index (χ3v) is 7.09. The van der Waals surface area contributed by atoms with Crippen molar-refractivity contribution in [2.45, 2.75) is 25.9 Å². The number of fused-ring (bicyclic) bond motifs is 1. The first-order valence-electron chi connectivity index (χ1n) is 12.4. The van der Waals surface area contributed by atoms with Crippen LogP contribution in [-0.2, 0) is 16.1 Å². The van der Waals surface area contributed by atoms with Crippen LogP contribution >= 0.6 is 0 Å². The van der Waals surface area contributed by atoms with Gasteiger partial charge in [-0.25, -0.2) is 10.1 Å². The maximum atomic E-state index is 12.8. The lowest BCUT2D eigenvalue weighted by molar-refractivity contribution is -0.132. The number of amides is 1. The van der Waals surface area contributed by atoms with E-state index in [4.69, 9.17) is 10.00 Å². The van der Waals surface area contributed by atoms with Crippen molar-refractivity contribution >= 4 is 17.4 Å². The Kier molecular flexibility index (Phi) is 7.14. The van der Waals surface area contributed by atoms with Gasteiger partial charge >= 0.3 is 0 Å². The lowest BCUT2D eigenvalue weighted by Crippen LogP contribution is -2.49. The lowest BCUT2D eigenvalue weighted by atomic mass is 10.1. The number of aromatic amines is 1. The van der Waals surface area contributed by atoms with Gasteiger partial charge < -0.3 is 19.4 Å². The topological polar surface area (TPSA) is 118 Å². The Labute approximate surface area is 215 Å². The van der Waals surface area contributed by atoms with Crippen molar-refractivity contribution in [3.05, 3.63) is 81.4 Å². The zero-order valence-electron chi connectivity index (χ0n) is 20.8. The molecule has 2 aliphatic heterocycles. The molecule has 37 heavy (non-hydrogen) atoms. The van der Waals surface area contributed by atoms with Gasteiger partial charge in [0.15, 0.2) is 0 Å². The molecule has 1 amide bonds. The van der Waals surface area contributed by atoms with Crippen LogP contribution < -0.4 is 15.4 Å². The molecular formula is C27H29N7O3. The fraction of sp³-hybridized carbons (Fsp3) is 0.370. The highest BCUT2D eigenvalue weighted by Gasteiger charge is 2.32. The highest BCUT2D eigenvalue weighted by molar-refractivity contribution is 5.76. The smallest absolute Gasteiger partial charge is 0.269 e. The summed E-state index contributed by atoms with van der Waals surface area (Å²) < 4.78 is 6.03. The Bertz CT molecular complexity index is 1360. The van der Waals surface area contributed by atoms with E-state index in [1.807, 2.05) is 23.1 Å². The number of aromatic nitrogens is 3. The number of ether oxygens (including phenoxy) is 1. The van der Waals surface area contributed by atoms with Crippen molar-refractivity contribution < 1.29 is 9.53 Å². The molecule has 0 spiro atoms. The number of pyridine rings is 1. The standard InChI is InChI=1S/C27H29N7O3/c1-19-23(16-30-31-27(19)36)34-17-21-4-2-3-5-22(21)24(34)18-37-13-8-26(35)33-11-9-32(10-12-33)25-7-6-20(14-28)15-29-25/h2-7,15-16,24H,8-13,17-18H2,1H3,(H,31,36)/t24-/m0/s1. The number of H-pyrrole nitrogens is 1. The summed E-state index contributed by atoms with van der Waals surface area (Å²) in [7, 11) is 0. The number of hydrogen-bond acceptors (Lipinski definition) is 8. The lowest BCUT2D eigenvalue weighted by Gasteiger charge is -2.35. The number of anilines is 2. The van der Waals surface area contributed by atoms with Gasteiger partial charge in [0.05, 0.1) is 43.1 Å². The van der Waals surface area contributed by atoms with Crippen LogP contribution in [0.5, 0.6) is 0 Å². The summed E-state index contributed by atoms with van der Waals surface area (Å²) >= 11 is 0. The van der Waals surface area contributed by atoms with Gasteiger partial charge in [-0.1, -0.05) is 24.3 Å². The van der Waals surface area contributed by atoms with E-state index in [1.165, 1.54) is 11.1 Å². The van der Waals surface area contributed by atoms with Crippen molar-refractivity contribution in [1.29, 1.82) is 5.26 Å². The summed E-state index contributed by atoms with van der Waals surface area (Å²) in [6, 6.07) is 13.8. The Morgan fingerprint density at radius 2 is 1.97 bits per heavy atom. The molecule has 0 unspecified atom stereocenters. The van der Waals surface area contributed by atoms with Crippen LogP contribution in [0.1, 0.15) is 34.7 Å². The quantitative estimate of drug-likeness (QED) is 0.492. The van der Waals surface area contributed by atoms with Crippen molar-refractivity contribution in [1.82, 2.24) is 20.1 Å². The van der Waals surface area contributed by atoms with Gasteiger partial charge in [0.2, 0.25) is 5.91 Å². The second-order valence-corrected chi connectivity index (χ2v) is 9.26. The number of piperazine rings is 1. The molecule has 2 aliphatic rings. The first-order chi connectivity index (χ1) is 18.0.